The largest absolute Gasteiger partial charge is 0.310 e. The normalized spacial score (nSPS) is 12.3. The van der Waals surface area contributed by atoms with Crippen LogP contribution < -0.4 is 5.32 Å². The maximum absolute atomic E-state index is 3.56. The lowest BCUT2D eigenvalue weighted by atomic mass is 9.98. The Morgan fingerprint density at radius 1 is 0.842 bits per heavy atom. The first-order valence-electron chi connectivity index (χ1n) is 7.24. The van der Waals surface area contributed by atoms with Crippen molar-refractivity contribution >= 4 is 0 Å². The lowest BCUT2D eigenvalue weighted by Crippen LogP contribution is -2.20. The molecule has 2 rings (SSSR count). The molecule has 0 aliphatic rings. The van der Waals surface area contributed by atoms with Crippen molar-refractivity contribution in [2.75, 3.05) is 6.54 Å². The maximum atomic E-state index is 3.56. The molecule has 0 fully saturated rings. The first-order valence-corrected chi connectivity index (χ1v) is 7.24. The Hall–Kier alpha value is -1.60. The van der Waals surface area contributed by atoms with Crippen LogP contribution in [0.5, 0.6) is 0 Å². The number of benzene rings is 2. The van der Waals surface area contributed by atoms with Gasteiger partial charge >= 0.3 is 0 Å². The van der Waals surface area contributed by atoms with Crippen molar-refractivity contribution in [2.45, 2.75) is 32.7 Å². The van der Waals surface area contributed by atoms with Crippen LogP contribution in [0.25, 0.3) is 11.1 Å². The van der Waals surface area contributed by atoms with Crippen LogP contribution in [0.1, 0.15) is 38.3 Å². The van der Waals surface area contributed by atoms with Crippen molar-refractivity contribution in [1.29, 1.82) is 0 Å². The minimum atomic E-state index is 0.486. The molecule has 0 aliphatic heterocycles. The molecule has 0 spiro atoms. The Labute approximate surface area is 116 Å². The van der Waals surface area contributed by atoms with Crippen molar-refractivity contribution in [3.05, 3.63) is 60.2 Å². The Kier molecular flexibility index (Phi) is 5.17. The average Bonchev–Trinajstić information content (AvgIpc) is 2.48. The highest BCUT2D eigenvalue weighted by atomic mass is 14.9. The molecule has 100 valence electrons. The molecule has 1 heteroatoms. The lowest BCUT2D eigenvalue weighted by Gasteiger charge is -2.18. The molecule has 0 amide bonds. The molecule has 0 aliphatic carbocycles. The average molecular weight is 253 g/mol. The second-order valence-corrected chi connectivity index (χ2v) is 4.89. The second kappa shape index (κ2) is 7.10. The summed E-state index contributed by atoms with van der Waals surface area (Å²) in [6.45, 7) is 5.43. The Bertz CT molecular complexity index is 467. The van der Waals surface area contributed by atoms with E-state index in [-0.39, 0.29) is 0 Å². The van der Waals surface area contributed by atoms with Gasteiger partial charge in [0.25, 0.3) is 0 Å². The molecule has 0 radical (unpaired) electrons. The van der Waals surface area contributed by atoms with Crippen LogP contribution in [0, 0.1) is 0 Å². The molecule has 2 aromatic carbocycles. The van der Waals surface area contributed by atoms with E-state index in [1.54, 1.807) is 0 Å². The molecule has 19 heavy (non-hydrogen) atoms. The highest BCUT2D eigenvalue weighted by Gasteiger charge is 2.08. The van der Waals surface area contributed by atoms with Gasteiger partial charge in [0, 0.05) is 6.04 Å². The number of hydrogen-bond donors (Lipinski definition) is 1. The summed E-state index contributed by atoms with van der Waals surface area (Å²) in [5.41, 5.74) is 3.96. The molecule has 1 nitrogen and oxygen atoms in total. The van der Waals surface area contributed by atoms with Crippen LogP contribution in [0.15, 0.2) is 54.6 Å². The van der Waals surface area contributed by atoms with Crippen molar-refractivity contribution in [2.24, 2.45) is 0 Å². The lowest BCUT2D eigenvalue weighted by molar-refractivity contribution is 0.509. The van der Waals surface area contributed by atoms with Gasteiger partial charge in [-0.2, -0.15) is 0 Å². The van der Waals surface area contributed by atoms with E-state index in [1.807, 2.05) is 0 Å². The zero-order chi connectivity index (χ0) is 13.5. The Morgan fingerprint density at radius 3 is 2.05 bits per heavy atom. The van der Waals surface area contributed by atoms with E-state index in [2.05, 4.69) is 73.8 Å². The summed E-state index contributed by atoms with van der Waals surface area (Å²) in [4.78, 5) is 0. The molecule has 0 saturated heterocycles. The van der Waals surface area contributed by atoms with Gasteiger partial charge in [-0.1, -0.05) is 74.9 Å². The SMILES string of the molecule is CCCC(NCC)c1ccc(-c2ccccc2)cc1. The Balaban J connectivity index is 2.17. The summed E-state index contributed by atoms with van der Waals surface area (Å²) >= 11 is 0. The minimum Gasteiger partial charge on any atom is -0.310 e. The summed E-state index contributed by atoms with van der Waals surface area (Å²) in [7, 11) is 0. The van der Waals surface area contributed by atoms with Gasteiger partial charge in [0.05, 0.1) is 0 Å². The van der Waals surface area contributed by atoms with Gasteiger partial charge in [0.1, 0.15) is 0 Å². The molecule has 0 aromatic heterocycles. The third-order valence-electron chi connectivity index (χ3n) is 3.45. The van der Waals surface area contributed by atoms with E-state index in [9.17, 15) is 0 Å². The monoisotopic (exact) mass is 253 g/mol. The molecule has 0 bridgehead atoms. The van der Waals surface area contributed by atoms with Crippen LogP contribution in [0.2, 0.25) is 0 Å². The van der Waals surface area contributed by atoms with Crippen LogP contribution in [-0.4, -0.2) is 6.54 Å². The van der Waals surface area contributed by atoms with Gasteiger partial charge < -0.3 is 5.32 Å². The molecule has 1 N–H and O–H groups in total. The van der Waals surface area contributed by atoms with E-state index >= 15 is 0 Å². The molecular weight excluding hydrogens is 230 g/mol. The van der Waals surface area contributed by atoms with Gasteiger partial charge in [-0.15, -0.1) is 0 Å². The standard InChI is InChI=1S/C18H23N/c1-3-8-18(19-4-2)17-13-11-16(12-14-17)15-9-6-5-7-10-15/h5-7,9-14,18-19H,3-4,8H2,1-2H3. The van der Waals surface area contributed by atoms with Gasteiger partial charge in [0.2, 0.25) is 0 Å². The van der Waals surface area contributed by atoms with E-state index in [0.29, 0.717) is 6.04 Å². The summed E-state index contributed by atoms with van der Waals surface area (Å²) in [5.74, 6) is 0. The van der Waals surface area contributed by atoms with Gasteiger partial charge in [-0.25, -0.2) is 0 Å². The molecule has 2 aromatic rings. The molecule has 0 saturated carbocycles. The first kappa shape index (κ1) is 13.8. The topological polar surface area (TPSA) is 12.0 Å². The van der Waals surface area contributed by atoms with Crippen LogP contribution in [0.3, 0.4) is 0 Å². The maximum Gasteiger partial charge on any atom is 0.0320 e. The fourth-order valence-electron chi connectivity index (χ4n) is 2.46. The van der Waals surface area contributed by atoms with Gasteiger partial charge in [-0.3, -0.25) is 0 Å². The van der Waals surface area contributed by atoms with Crippen molar-refractivity contribution in [3.63, 3.8) is 0 Å². The zero-order valence-electron chi connectivity index (χ0n) is 11.9. The van der Waals surface area contributed by atoms with Gasteiger partial charge in [0.15, 0.2) is 0 Å². The van der Waals surface area contributed by atoms with Crippen LogP contribution in [-0.2, 0) is 0 Å². The minimum absolute atomic E-state index is 0.486. The van der Waals surface area contributed by atoms with E-state index in [4.69, 9.17) is 0 Å². The number of hydrogen-bond acceptors (Lipinski definition) is 1. The second-order valence-electron chi connectivity index (χ2n) is 4.89. The fraction of sp³-hybridized carbons (Fsp3) is 0.333. The molecular formula is C18H23N. The van der Waals surface area contributed by atoms with E-state index in [0.717, 1.165) is 6.54 Å². The zero-order valence-corrected chi connectivity index (χ0v) is 11.9. The molecule has 1 unspecified atom stereocenters. The van der Waals surface area contributed by atoms with Crippen molar-refractivity contribution in [1.82, 2.24) is 5.32 Å². The molecule has 0 heterocycles. The predicted molar refractivity (Wildman–Crippen MR) is 83.2 cm³/mol. The van der Waals surface area contributed by atoms with E-state index < -0.39 is 0 Å². The molecule has 1 atom stereocenters. The summed E-state index contributed by atoms with van der Waals surface area (Å²) in [6, 6.07) is 20.0. The highest BCUT2D eigenvalue weighted by Crippen LogP contribution is 2.23. The predicted octanol–water partition coefficient (Wildman–Crippen LogP) is 4.80. The summed E-state index contributed by atoms with van der Waals surface area (Å²) in [5, 5.41) is 3.56. The van der Waals surface area contributed by atoms with Gasteiger partial charge in [-0.05, 0) is 29.7 Å². The first-order chi connectivity index (χ1) is 9.35. The third kappa shape index (κ3) is 3.68. The third-order valence-corrected chi connectivity index (χ3v) is 3.45. The highest BCUT2D eigenvalue weighted by molar-refractivity contribution is 5.63. The smallest absolute Gasteiger partial charge is 0.0320 e. The quantitative estimate of drug-likeness (QED) is 0.779. The van der Waals surface area contributed by atoms with Crippen molar-refractivity contribution in [3.8, 4) is 11.1 Å². The van der Waals surface area contributed by atoms with E-state index in [1.165, 1.54) is 29.5 Å². The fourth-order valence-corrected chi connectivity index (χ4v) is 2.46. The number of rotatable bonds is 6. The Morgan fingerprint density at radius 2 is 1.47 bits per heavy atom. The van der Waals surface area contributed by atoms with Crippen LogP contribution in [0.4, 0.5) is 0 Å². The summed E-state index contributed by atoms with van der Waals surface area (Å²) < 4.78 is 0. The van der Waals surface area contributed by atoms with Crippen molar-refractivity contribution < 1.29 is 0 Å². The summed E-state index contributed by atoms with van der Waals surface area (Å²) in [6.07, 6.45) is 2.40. The number of nitrogens with one attached hydrogen (secondary N) is 1. The van der Waals surface area contributed by atoms with Crippen LogP contribution >= 0.6 is 0 Å².